The van der Waals surface area contributed by atoms with Crippen molar-refractivity contribution in [3.8, 4) is 0 Å². The molecule has 1 aliphatic carbocycles. The van der Waals surface area contributed by atoms with Gasteiger partial charge in [-0.15, -0.1) is 0 Å². The number of nitrogens with zero attached hydrogens (tertiary/aromatic N) is 1. The van der Waals surface area contributed by atoms with E-state index in [2.05, 4.69) is 0 Å². The van der Waals surface area contributed by atoms with Gasteiger partial charge in [-0.2, -0.15) is 0 Å². The number of aliphatic hydroxyl groups is 1. The SMILES string of the molecule is CC(c1ccccc1)N(C)C(=O)CC1(O)CCCCC1. The van der Waals surface area contributed by atoms with Crippen molar-refractivity contribution in [3.05, 3.63) is 35.9 Å². The minimum absolute atomic E-state index is 0.0331. The van der Waals surface area contributed by atoms with Gasteiger partial charge < -0.3 is 10.0 Å². The van der Waals surface area contributed by atoms with Gasteiger partial charge in [-0.25, -0.2) is 0 Å². The zero-order chi connectivity index (χ0) is 14.6. The lowest BCUT2D eigenvalue weighted by atomic mass is 9.82. The molecule has 3 heteroatoms. The molecule has 0 aliphatic heterocycles. The van der Waals surface area contributed by atoms with Crippen LogP contribution >= 0.6 is 0 Å². The van der Waals surface area contributed by atoms with Crippen LogP contribution in [0.4, 0.5) is 0 Å². The molecular weight excluding hydrogens is 250 g/mol. The molecule has 110 valence electrons. The molecule has 1 aromatic rings. The Morgan fingerprint density at radius 3 is 2.45 bits per heavy atom. The average Bonchev–Trinajstić information content (AvgIpc) is 2.47. The Morgan fingerprint density at radius 2 is 1.85 bits per heavy atom. The maximum Gasteiger partial charge on any atom is 0.225 e. The zero-order valence-corrected chi connectivity index (χ0v) is 12.5. The molecule has 0 spiro atoms. The minimum Gasteiger partial charge on any atom is -0.389 e. The number of hydrogen-bond acceptors (Lipinski definition) is 2. The molecule has 1 aromatic carbocycles. The second kappa shape index (κ2) is 6.40. The Kier molecular flexibility index (Phi) is 4.81. The second-order valence-electron chi connectivity index (χ2n) is 6.05. The molecule has 1 fully saturated rings. The van der Waals surface area contributed by atoms with Gasteiger partial charge in [-0.1, -0.05) is 49.6 Å². The van der Waals surface area contributed by atoms with E-state index in [1.54, 1.807) is 4.90 Å². The lowest BCUT2D eigenvalue weighted by Crippen LogP contribution is -2.40. The molecule has 0 bridgehead atoms. The Hall–Kier alpha value is -1.35. The van der Waals surface area contributed by atoms with E-state index in [0.29, 0.717) is 0 Å². The number of hydrogen-bond donors (Lipinski definition) is 1. The summed E-state index contributed by atoms with van der Waals surface area (Å²) in [7, 11) is 1.83. The molecule has 1 amide bonds. The number of carbonyl (C=O) groups excluding carboxylic acids is 1. The minimum atomic E-state index is -0.778. The van der Waals surface area contributed by atoms with E-state index >= 15 is 0 Å². The van der Waals surface area contributed by atoms with Crippen LogP contribution in [0.25, 0.3) is 0 Å². The molecule has 0 saturated heterocycles. The van der Waals surface area contributed by atoms with Crippen molar-refractivity contribution in [1.82, 2.24) is 4.90 Å². The van der Waals surface area contributed by atoms with Crippen molar-refractivity contribution in [3.63, 3.8) is 0 Å². The van der Waals surface area contributed by atoms with Crippen LogP contribution in [-0.4, -0.2) is 28.6 Å². The fourth-order valence-electron chi connectivity index (χ4n) is 2.96. The van der Waals surface area contributed by atoms with E-state index < -0.39 is 5.60 Å². The van der Waals surface area contributed by atoms with Gasteiger partial charge in [0.25, 0.3) is 0 Å². The quantitative estimate of drug-likeness (QED) is 0.916. The molecule has 0 aromatic heterocycles. The predicted molar refractivity (Wildman–Crippen MR) is 80.3 cm³/mol. The third-order valence-electron chi connectivity index (χ3n) is 4.52. The Bertz CT molecular complexity index is 438. The molecule has 0 radical (unpaired) electrons. The molecule has 1 unspecified atom stereocenters. The number of carbonyl (C=O) groups is 1. The third kappa shape index (κ3) is 3.60. The molecule has 1 aliphatic rings. The summed E-state index contributed by atoms with van der Waals surface area (Å²) in [6, 6.07) is 10.0. The summed E-state index contributed by atoms with van der Waals surface area (Å²) < 4.78 is 0. The lowest BCUT2D eigenvalue weighted by Gasteiger charge is -2.34. The summed E-state index contributed by atoms with van der Waals surface area (Å²) in [5.41, 5.74) is 0.346. The topological polar surface area (TPSA) is 40.5 Å². The highest BCUT2D eigenvalue weighted by atomic mass is 16.3. The number of amides is 1. The van der Waals surface area contributed by atoms with Crippen LogP contribution in [0.5, 0.6) is 0 Å². The fourth-order valence-corrected chi connectivity index (χ4v) is 2.96. The molecule has 1 N–H and O–H groups in total. The smallest absolute Gasteiger partial charge is 0.225 e. The van der Waals surface area contributed by atoms with E-state index in [1.807, 2.05) is 44.3 Å². The van der Waals surface area contributed by atoms with Gasteiger partial charge in [-0.3, -0.25) is 4.79 Å². The third-order valence-corrected chi connectivity index (χ3v) is 4.52. The maximum absolute atomic E-state index is 12.4. The summed E-state index contributed by atoms with van der Waals surface area (Å²) in [5, 5.41) is 10.5. The molecule has 0 heterocycles. The van der Waals surface area contributed by atoms with Gasteiger partial charge in [0, 0.05) is 7.05 Å². The molecule has 3 nitrogen and oxygen atoms in total. The van der Waals surface area contributed by atoms with Crippen LogP contribution in [0.1, 0.15) is 57.1 Å². The molecule has 20 heavy (non-hydrogen) atoms. The highest BCUT2D eigenvalue weighted by Gasteiger charge is 2.33. The summed E-state index contributed by atoms with van der Waals surface area (Å²) in [6.45, 7) is 2.03. The van der Waals surface area contributed by atoms with E-state index in [1.165, 1.54) is 6.42 Å². The van der Waals surface area contributed by atoms with E-state index in [9.17, 15) is 9.90 Å². The standard InChI is InChI=1S/C17H25NO2/c1-14(15-9-5-3-6-10-15)18(2)16(19)13-17(20)11-7-4-8-12-17/h3,5-6,9-10,14,20H,4,7-8,11-13H2,1-2H3. The van der Waals surface area contributed by atoms with Crippen molar-refractivity contribution < 1.29 is 9.90 Å². The van der Waals surface area contributed by atoms with E-state index in [-0.39, 0.29) is 18.4 Å². The fraction of sp³-hybridized carbons (Fsp3) is 0.588. The Labute approximate surface area is 121 Å². The molecule has 1 atom stereocenters. The van der Waals surface area contributed by atoms with Crippen LogP contribution in [0.2, 0.25) is 0 Å². The molecular formula is C17H25NO2. The van der Waals surface area contributed by atoms with Crippen molar-refractivity contribution >= 4 is 5.91 Å². The maximum atomic E-state index is 12.4. The van der Waals surface area contributed by atoms with Gasteiger partial charge in [0.1, 0.15) is 0 Å². The molecule has 1 saturated carbocycles. The van der Waals surface area contributed by atoms with Crippen LogP contribution in [0.3, 0.4) is 0 Å². The van der Waals surface area contributed by atoms with Gasteiger partial charge in [-0.05, 0) is 25.3 Å². The summed E-state index contributed by atoms with van der Waals surface area (Å²) in [5.74, 6) is 0.0331. The Morgan fingerprint density at radius 1 is 1.25 bits per heavy atom. The summed E-state index contributed by atoms with van der Waals surface area (Å²) >= 11 is 0. The first-order valence-electron chi connectivity index (χ1n) is 7.55. The molecule has 2 rings (SSSR count). The summed E-state index contributed by atoms with van der Waals surface area (Å²) in [6.07, 6.45) is 5.00. The lowest BCUT2D eigenvalue weighted by molar-refractivity contribution is -0.138. The van der Waals surface area contributed by atoms with Crippen molar-refractivity contribution in [1.29, 1.82) is 0 Å². The largest absolute Gasteiger partial charge is 0.389 e. The van der Waals surface area contributed by atoms with Gasteiger partial charge >= 0.3 is 0 Å². The predicted octanol–water partition coefficient (Wildman–Crippen LogP) is 3.29. The van der Waals surface area contributed by atoms with Crippen molar-refractivity contribution in [2.45, 2.75) is 57.1 Å². The zero-order valence-electron chi connectivity index (χ0n) is 12.5. The summed E-state index contributed by atoms with van der Waals surface area (Å²) in [4.78, 5) is 14.1. The Balaban J connectivity index is 1.98. The van der Waals surface area contributed by atoms with Gasteiger partial charge in [0.2, 0.25) is 5.91 Å². The van der Waals surface area contributed by atoms with Crippen molar-refractivity contribution in [2.24, 2.45) is 0 Å². The van der Waals surface area contributed by atoms with E-state index in [0.717, 1.165) is 31.2 Å². The van der Waals surface area contributed by atoms with Crippen LogP contribution < -0.4 is 0 Å². The van der Waals surface area contributed by atoms with Crippen LogP contribution in [0, 0.1) is 0 Å². The van der Waals surface area contributed by atoms with Crippen LogP contribution in [-0.2, 0) is 4.79 Å². The number of rotatable bonds is 4. The van der Waals surface area contributed by atoms with E-state index in [4.69, 9.17) is 0 Å². The normalized spacial score (nSPS) is 19.4. The van der Waals surface area contributed by atoms with Crippen molar-refractivity contribution in [2.75, 3.05) is 7.05 Å². The first-order valence-corrected chi connectivity index (χ1v) is 7.55. The van der Waals surface area contributed by atoms with Gasteiger partial charge in [0.05, 0.1) is 18.1 Å². The van der Waals surface area contributed by atoms with Gasteiger partial charge in [0.15, 0.2) is 0 Å². The first kappa shape index (κ1) is 15.0. The first-order chi connectivity index (χ1) is 9.52. The van der Waals surface area contributed by atoms with Crippen LogP contribution in [0.15, 0.2) is 30.3 Å². The second-order valence-corrected chi connectivity index (χ2v) is 6.05. The highest BCUT2D eigenvalue weighted by Crippen LogP contribution is 2.32. The highest BCUT2D eigenvalue weighted by molar-refractivity contribution is 5.77. The average molecular weight is 275 g/mol. The number of benzene rings is 1. The monoisotopic (exact) mass is 275 g/mol.